The zero-order valence-corrected chi connectivity index (χ0v) is 11.6. The van der Waals surface area contributed by atoms with E-state index < -0.39 is 5.92 Å². The van der Waals surface area contributed by atoms with Crippen LogP contribution in [-0.4, -0.2) is 28.7 Å². The largest absolute Gasteiger partial charge is 0.425 e. The van der Waals surface area contributed by atoms with E-state index in [1.165, 1.54) is 12.8 Å². The number of aromatic nitrogens is 2. The fraction of sp³-hybridized carbons (Fsp3) is 0.857. The summed E-state index contributed by atoms with van der Waals surface area (Å²) in [4.78, 5) is 0. The van der Waals surface area contributed by atoms with Gasteiger partial charge < -0.3 is 9.73 Å². The second kappa shape index (κ2) is 5.76. The van der Waals surface area contributed by atoms with E-state index in [4.69, 9.17) is 4.42 Å². The van der Waals surface area contributed by atoms with Crippen molar-refractivity contribution in [3.05, 3.63) is 11.8 Å². The van der Waals surface area contributed by atoms with Crippen molar-refractivity contribution in [1.82, 2.24) is 15.5 Å². The molecule has 6 heteroatoms. The number of rotatable bonds is 6. The number of alkyl halides is 2. The summed E-state index contributed by atoms with van der Waals surface area (Å²) in [5.41, 5.74) is 0. The fourth-order valence-corrected chi connectivity index (χ4v) is 2.65. The van der Waals surface area contributed by atoms with Crippen molar-refractivity contribution in [3.63, 3.8) is 0 Å². The minimum Gasteiger partial charge on any atom is -0.425 e. The summed E-state index contributed by atoms with van der Waals surface area (Å²) in [5.74, 6) is -1.31. The van der Waals surface area contributed by atoms with Gasteiger partial charge in [0.2, 0.25) is 17.7 Å². The molecule has 0 atom stereocenters. The number of hydrogen-bond donors (Lipinski definition) is 1. The van der Waals surface area contributed by atoms with Gasteiger partial charge in [-0.15, -0.1) is 10.2 Å². The summed E-state index contributed by atoms with van der Waals surface area (Å²) in [6.07, 6.45) is 5.06. The summed E-state index contributed by atoms with van der Waals surface area (Å²) in [6.45, 7) is 0.970. The average molecular weight is 285 g/mol. The first-order valence-electron chi connectivity index (χ1n) is 7.56. The molecule has 1 aromatic rings. The Morgan fingerprint density at radius 2 is 1.90 bits per heavy atom. The minimum atomic E-state index is -2.51. The van der Waals surface area contributed by atoms with Crippen LogP contribution in [0, 0.1) is 0 Å². The van der Waals surface area contributed by atoms with Gasteiger partial charge in [0, 0.05) is 31.2 Å². The molecule has 4 nitrogen and oxygen atoms in total. The van der Waals surface area contributed by atoms with Crippen molar-refractivity contribution in [2.75, 3.05) is 6.54 Å². The lowest BCUT2D eigenvalue weighted by atomic mass is 9.87. The van der Waals surface area contributed by atoms with Gasteiger partial charge in [-0.3, -0.25) is 0 Å². The third-order valence-corrected chi connectivity index (χ3v) is 4.13. The molecule has 0 aromatic carbocycles. The van der Waals surface area contributed by atoms with Crippen molar-refractivity contribution in [3.8, 4) is 0 Å². The molecule has 3 rings (SSSR count). The normalized spacial score (nSPS) is 23.1. The van der Waals surface area contributed by atoms with Gasteiger partial charge in [-0.05, 0) is 38.6 Å². The molecule has 2 saturated carbocycles. The van der Waals surface area contributed by atoms with E-state index in [1.54, 1.807) is 0 Å². The Kier molecular flexibility index (Phi) is 4.01. The van der Waals surface area contributed by atoms with Gasteiger partial charge in [0.05, 0.1) is 0 Å². The van der Waals surface area contributed by atoms with E-state index >= 15 is 0 Å². The zero-order chi connectivity index (χ0) is 14.0. The number of nitrogens with zero attached hydrogens (tertiary/aromatic N) is 2. The third kappa shape index (κ3) is 3.75. The van der Waals surface area contributed by atoms with E-state index in [0.29, 0.717) is 24.6 Å². The Labute approximate surface area is 117 Å². The number of halogens is 2. The molecule has 0 spiro atoms. The van der Waals surface area contributed by atoms with Crippen molar-refractivity contribution in [1.29, 1.82) is 0 Å². The van der Waals surface area contributed by atoms with Crippen molar-refractivity contribution >= 4 is 0 Å². The lowest BCUT2D eigenvalue weighted by Gasteiger charge is -2.25. The van der Waals surface area contributed by atoms with Crippen LogP contribution in [0.5, 0.6) is 0 Å². The van der Waals surface area contributed by atoms with Crippen molar-refractivity contribution in [2.45, 2.75) is 69.2 Å². The highest BCUT2D eigenvalue weighted by Crippen LogP contribution is 2.40. The molecular weight excluding hydrogens is 264 g/mol. The first-order chi connectivity index (χ1) is 9.62. The molecule has 112 valence electrons. The van der Waals surface area contributed by atoms with Crippen LogP contribution in [-0.2, 0) is 6.42 Å². The monoisotopic (exact) mass is 285 g/mol. The maximum atomic E-state index is 13.1. The number of aryl methyl sites for hydroxylation is 1. The second-order valence-corrected chi connectivity index (χ2v) is 6.00. The molecule has 2 aliphatic rings. The maximum Gasteiger partial charge on any atom is 0.248 e. The quantitative estimate of drug-likeness (QED) is 0.816. The van der Waals surface area contributed by atoms with E-state index in [-0.39, 0.29) is 18.8 Å². The molecule has 0 radical (unpaired) electrons. The Morgan fingerprint density at radius 1 is 1.15 bits per heavy atom. The zero-order valence-electron chi connectivity index (χ0n) is 11.6. The predicted octanol–water partition coefficient (Wildman–Crippen LogP) is 3.05. The van der Waals surface area contributed by atoms with E-state index in [9.17, 15) is 8.78 Å². The summed E-state index contributed by atoms with van der Waals surface area (Å²) in [6, 6.07) is 0.720. The average Bonchev–Trinajstić information content (AvgIpc) is 3.12. The van der Waals surface area contributed by atoms with Crippen LogP contribution in [0.3, 0.4) is 0 Å². The van der Waals surface area contributed by atoms with E-state index in [2.05, 4.69) is 15.5 Å². The van der Waals surface area contributed by atoms with E-state index in [0.717, 1.165) is 25.4 Å². The standard InChI is InChI=1S/C14H21F2N3O/c15-14(16)7-5-10(6-8-14)13-19-18-12(20-13)2-1-9-17-11-3-4-11/h10-11,17H,1-9H2. The Hall–Kier alpha value is -1.04. The molecule has 2 aliphatic carbocycles. The second-order valence-electron chi connectivity index (χ2n) is 6.00. The van der Waals surface area contributed by atoms with Gasteiger partial charge in [-0.2, -0.15) is 0 Å². The Bertz CT molecular complexity index is 435. The molecule has 1 N–H and O–H groups in total. The van der Waals surface area contributed by atoms with Crippen LogP contribution in [0.15, 0.2) is 4.42 Å². The summed E-state index contributed by atoms with van der Waals surface area (Å²) < 4.78 is 31.8. The predicted molar refractivity (Wildman–Crippen MR) is 69.8 cm³/mol. The van der Waals surface area contributed by atoms with Crippen LogP contribution in [0.2, 0.25) is 0 Å². The summed E-state index contributed by atoms with van der Waals surface area (Å²) in [7, 11) is 0. The van der Waals surface area contributed by atoms with E-state index in [1.807, 2.05) is 0 Å². The SMILES string of the molecule is FC1(F)CCC(c2nnc(CCCNC3CC3)o2)CC1. The highest BCUT2D eigenvalue weighted by Gasteiger charge is 2.37. The highest BCUT2D eigenvalue weighted by molar-refractivity contribution is 4.96. The number of hydrogen-bond acceptors (Lipinski definition) is 4. The van der Waals surface area contributed by atoms with Gasteiger partial charge in [-0.25, -0.2) is 8.78 Å². The fourth-order valence-electron chi connectivity index (χ4n) is 2.65. The van der Waals surface area contributed by atoms with Crippen molar-refractivity contribution < 1.29 is 13.2 Å². The first kappa shape index (κ1) is 13.9. The molecule has 0 bridgehead atoms. The van der Waals surface area contributed by atoms with Crippen LogP contribution >= 0.6 is 0 Å². The van der Waals surface area contributed by atoms with Crippen molar-refractivity contribution in [2.24, 2.45) is 0 Å². The van der Waals surface area contributed by atoms with Gasteiger partial charge in [0.1, 0.15) is 0 Å². The van der Waals surface area contributed by atoms with Gasteiger partial charge in [0.15, 0.2) is 0 Å². The first-order valence-corrected chi connectivity index (χ1v) is 7.56. The lowest BCUT2D eigenvalue weighted by Crippen LogP contribution is -2.23. The molecular formula is C14H21F2N3O. The molecule has 2 fully saturated rings. The summed E-state index contributed by atoms with van der Waals surface area (Å²) >= 11 is 0. The molecule has 1 aromatic heterocycles. The lowest BCUT2D eigenvalue weighted by molar-refractivity contribution is -0.0399. The van der Waals surface area contributed by atoms with Crippen LogP contribution in [0.25, 0.3) is 0 Å². The summed E-state index contributed by atoms with van der Waals surface area (Å²) in [5, 5.41) is 11.5. The molecule has 0 amide bonds. The third-order valence-electron chi connectivity index (χ3n) is 4.13. The van der Waals surface area contributed by atoms with Crippen LogP contribution in [0.4, 0.5) is 8.78 Å². The molecule has 20 heavy (non-hydrogen) atoms. The topological polar surface area (TPSA) is 51.0 Å². The Balaban J connectivity index is 1.44. The number of nitrogens with one attached hydrogen (secondary N) is 1. The smallest absolute Gasteiger partial charge is 0.248 e. The Morgan fingerprint density at radius 3 is 2.60 bits per heavy atom. The maximum absolute atomic E-state index is 13.1. The molecule has 0 unspecified atom stereocenters. The van der Waals surface area contributed by atoms with Gasteiger partial charge in [-0.1, -0.05) is 0 Å². The van der Waals surface area contributed by atoms with Gasteiger partial charge in [0.25, 0.3) is 0 Å². The molecule has 0 aliphatic heterocycles. The van der Waals surface area contributed by atoms with Gasteiger partial charge >= 0.3 is 0 Å². The molecule has 0 saturated heterocycles. The van der Waals surface area contributed by atoms with Crippen LogP contribution < -0.4 is 5.32 Å². The molecule has 1 heterocycles. The highest BCUT2D eigenvalue weighted by atomic mass is 19.3. The minimum absolute atomic E-state index is 0.0143. The van der Waals surface area contributed by atoms with Crippen LogP contribution in [0.1, 0.15) is 62.6 Å².